The Morgan fingerprint density at radius 2 is 1.51 bits per heavy atom. The first-order chi connectivity index (χ1) is 22.3. The number of carbonyl (C=O) groups is 2. The maximum atomic E-state index is 14.4. The number of hydrogen-bond donors (Lipinski definition) is 1. The van der Waals surface area contributed by atoms with Gasteiger partial charge in [-0.25, -0.2) is 8.42 Å². The fraction of sp³-hybridized carbons (Fsp3) is 0.257. The van der Waals surface area contributed by atoms with E-state index in [9.17, 15) is 31.2 Å². The molecule has 0 aliphatic heterocycles. The first-order valence-corrected chi connectivity index (χ1v) is 16.7. The zero-order chi connectivity index (χ0) is 34.2. The van der Waals surface area contributed by atoms with Crippen molar-refractivity contribution in [1.29, 1.82) is 0 Å². The Balaban J connectivity index is 1.85. The zero-order valence-corrected chi connectivity index (χ0v) is 27.4. The number of rotatable bonds is 13. The van der Waals surface area contributed by atoms with Gasteiger partial charge in [-0.15, -0.1) is 0 Å². The maximum Gasteiger partial charge on any atom is 0.417 e. The molecule has 0 aliphatic carbocycles. The lowest BCUT2D eigenvalue weighted by molar-refractivity contribution is -0.140. The third kappa shape index (κ3) is 9.14. The monoisotopic (exact) mass is 685 g/mol. The second-order valence-electron chi connectivity index (χ2n) is 11.0. The van der Waals surface area contributed by atoms with Gasteiger partial charge in [-0.2, -0.15) is 13.2 Å². The van der Waals surface area contributed by atoms with E-state index < -0.39 is 56.9 Å². The molecule has 0 aromatic heterocycles. The van der Waals surface area contributed by atoms with Crippen LogP contribution in [0.1, 0.15) is 35.6 Å². The largest absolute Gasteiger partial charge is 0.417 e. The SMILES string of the molecule is CCCNC(=O)C(Cc1ccccc1)N(Cc1cccc(C)c1)C(=O)CN(c1ccc(Cl)c(C(F)(F)F)c1)S(=O)(=O)c1ccccc1. The summed E-state index contributed by atoms with van der Waals surface area (Å²) in [5.41, 5.74) is 0.675. The Morgan fingerprint density at radius 3 is 2.13 bits per heavy atom. The number of hydrogen-bond acceptors (Lipinski definition) is 4. The number of amides is 2. The van der Waals surface area contributed by atoms with Crippen molar-refractivity contribution < 1.29 is 31.2 Å². The standard InChI is InChI=1S/C35H35ClF3N3O4S/c1-3-19-40-34(44)32(21-26-12-6-4-7-13-26)41(23-27-14-10-11-25(2)20-27)33(43)24-42(47(45,46)29-15-8-5-9-16-29)28-17-18-31(36)30(22-28)35(37,38)39/h4-18,20,22,32H,3,19,21,23-24H2,1-2H3,(H,40,44). The number of halogens is 4. The molecule has 248 valence electrons. The molecule has 0 saturated carbocycles. The van der Waals surface area contributed by atoms with Crippen molar-refractivity contribution in [3.63, 3.8) is 0 Å². The van der Waals surface area contributed by atoms with Crippen LogP contribution < -0.4 is 9.62 Å². The Hall–Kier alpha value is -4.35. The summed E-state index contributed by atoms with van der Waals surface area (Å²) in [6, 6.07) is 25.0. The van der Waals surface area contributed by atoms with E-state index in [0.717, 1.165) is 23.3 Å². The number of carbonyl (C=O) groups excluding carboxylic acids is 2. The maximum absolute atomic E-state index is 14.4. The van der Waals surface area contributed by atoms with Crippen LogP contribution in [0.3, 0.4) is 0 Å². The molecule has 4 aromatic rings. The summed E-state index contributed by atoms with van der Waals surface area (Å²) in [7, 11) is -4.58. The summed E-state index contributed by atoms with van der Waals surface area (Å²) in [5.74, 6) is -1.23. The van der Waals surface area contributed by atoms with Crippen molar-refractivity contribution in [2.24, 2.45) is 0 Å². The van der Waals surface area contributed by atoms with Crippen LogP contribution >= 0.6 is 11.6 Å². The van der Waals surface area contributed by atoms with E-state index in [-0.39, 0.29) is 17.9 Å². The minimum atomic E-state index is -4.89. The van der Waals surface area contributed by atoms with Gasteiger partial charge in [0, 0.05) is 19.5 Å². The lowest BCUT2D eigenvalue weighted by Gasteiger charge is -2.34. The van der Waals surface area contributed by atoms with Gasteiger partial charge >= 0.3 is 6.18 Å². The Kier molecular flexibility index (Phi) is 11.7. The third-order valence-electron chi connectivity index (χ3n) is 7.41. The van der Waals surface area contributed by atoms with Crippen LogP contribution in [-0.2, 0) is 38.8 Å². The van der Waals surface area contributed by atoms with Gasteiger partial charge in [0.2, 0.25) is 11.8 Å². The lowest BCUT2D eigenvalue weighted by Crippen LogP contribution is -2.53. The summed E-state index contributed by atoms with van der Waals surface area (Å²) < 4.78 is 70.4. The molecule has 47 heavy (non-hydrogen) atoms. The van der Waals surface area contributed by atoms with Gasteiger partial charge in [0.05, 0.1) is 21.2 Å². The van der Waals surface area contributed by atoms with E-state index in [1.54, 1.807) is 30.3 Å². The Labute approximate surface area is 278 Å². The predicted octanol–water partition coefficient (Wildman–Crippen LogP) is 7.03. The highest BCUT2D eigenvalue weighted by Crippen LogP contribution is 2.38. The number of sulfonamides is 1. The van der Waals surface area contributed by atoms with Gasteiger partial charge in [-0.05, 0) is 54.8 Å². The van der Waals surface area contributed by atoms with Crippen LogP contribution in [-0.4, -0.2) is 44.3 Å². The van der Waals surface area contributed by atoms with Gasteiger partial charge in [0.1, 0.15) is 12.6 Å². The smallest absolute Gasteiger partial charge is 0.354 e. The van der Waals surface area contributed by atoms with Crippen molar-refractivity contribution >= 4 is 39.1 Å². The molecule has 0 spiro atoms. The molecule has 2 amide bonds. The molecule has 4 rings (SSSR count). The molecule has 0 aliphatic rings. The van der Waals surface area contributed by atoms with Crippen molar-refractivity contribution in [1.82, 2.24) is 10.2 Å². The molecule has 1 unspecified atom stereocenters. The zero-order valence-electron chi connectivity index (χ0n) is 25.9. The molecule has 0 radical (unpaired) electrons. The Bertz CT molecular complexity index is 1790. The van der Waals surface area contributed by atoms with Crippen LogP contribution in [0.2, 0.25) is 5.02 Å². The molecule has 1 atom stereocenters. The highest BCUT2D eigenvalue weighted by Gasteiger charge is 2.37. The normalized spacial score (nSPS) is 12.3. The van der Waals surface area contributed by atoms with Crippen LogP contribution in [0, 0.1) is 6.92 Å². The van der Waals surface area contributed by atoms with Crippen LogP contribution in [0.25, 0.3) is 0 Å². The molecular weight excluding hydrogens is 651 g/mol. The molecular formula is C35H35ClF3N3O4S. The van der Waals surface area contributed by atoms with Crippen LogP contribution in [0.5, 0.6) is 0 Å². The molecule has 0 fully saturated rings. The van der Waals surface area contributed by atoms with Crippen molar-refractivity contribution in [3.8, 4) is 0 Å². The van der Waals surface area contributed by atoms with Gasteiger partial charge < -0.3 is 10.2 Å². The molecule has 0 saturated heterocycles. The number of anilines is 1. The number of nitrogens with zero attached hydrogens (tertiary/aromatic N) is 2. The predicted molar refractivity (Wildman–Crippen MR) is 176 cm³/mol. The van der Waals surface area contributed by atoms with Crippen molar-refractivity contribution in [3.05, 3.63) is 130 Å². The fourth-order valence-electron chi connectivity index (χ4n) is 5.06. The summed E-state index contributed by atoms with van der Waals surface area (Å²) >= 11 is 5.86. The molecule has 7 nitrogen and oxygen atoms in total. The molecule has 4 aromatic carbocycles. The van der Waals surface area contributed by atoms with E-state index in [1.165, 1.54) is 29.2 Å². The molecule has 0 heterocycles. The lowest BCUT2D eigenvalue weighted by atomic mass is 10.0. The van der Waals surface area contributed by atoms with Crippen LogP contribution in [0.4, 0.5) is 18.9 Å². The van der Waals surface area contributed by atoms with Gasteiger partial charge in [0.25, 0.3) is 10.0 Å². The van der Waals surface area contributed by atoms with E-state index in [1.807, 2.05) is 44.2 Å². The highest BCUT2D eigenvalue weighted by molar-refractivity contribution is 7.92. The average Bonchev–Trinajstić information content (AvgIpc) is 3.04. The summed E-state index contributed by atoms with van der Waals surface area (Å²) in [4.78, 5) is 29.2. The molecule has 0 bridgehead atoms. The van der Waals surface area contributed by atoms with E-state index >= 15 is 0 Å². The van der Waals surface area contributed by atoms with Gasteiger partial charge in [-0.3, -0.25) is 13.9 Å². The quantitative estimate of drug-likeness (QED) is 0.164. The second kappa shape index (κ2) is 15.5. The average molecular weight is 686 g/mol. The minimum absolute atomic E-state index is 0.0643. The number of alkyl halides is 3. The summed E-state index contributed by atoms with van der Waals surface area (Å²) in [5, 5.41) is 2.23. The first kappa shape index (κ1) is 35.5. The first-order valence-electron chi connectivity index (χ1n) is 14.9. The van der Waals surface area contributed by atoms with Gasteiger partial charge in [-0.1, -0.05) is 96.9 Å². The number of nitrogens with one attached hydrogen (secondary N) is 1. The Morgan fingerprint density at radius 1 is 0.872 bits per heavy atom. The van der Waals surface area contributed by atoms with E-state index in [2.05, 4.69) is 5.32 Å². The second-order valence-corrected chi connectivity index (χ2v) is 13.3. The van der Waals surface area contributed by atoms with E-state index in [0.29, 0.717) is 28.9 Å². The topological polar surface area (TPSA) is 86.8 Å². The highest BCUT2D eigenvalue weighted by atomic mass is 35.5. The van der Waals surface area contributed by atoms with Gasteiger partial charge in [0.15, 0.2) is 0 Å². The van der Waals surface area contributed by atoms with Crippen molar-refractivity contribution in [2.75, 3.05) is 17.4 Å². The van der Waals surface area contributed by atoms with Crippen LogP contribution in [0.15, 0.2) is 108 Å². The number of aryl methyl sites for hydroxylation is 1. The van der Waals surface area contributed by atoms with E-state index in [4.69, 9.17) is 11.6 Å². The molecule has 1 N–H and O–H groups in total. The fourth-order valence-corrected chi connectivity index (χ4v) is 6.71. The molecule has 12 heteroatoms. The summed E-state index contributed by atoms with van der Waals surface area (Å²) in [6.07, 6.45) is -4.15. The third-order valence-corrected chi connectivity index (χ3v) is 9.53. The summed E-state index contributed by atoms with van der Waals surface area (Å²) in [6.45, 7) is 3.14. The number of benzene rings is 4. The minimum Gasteiger partial charge on any atom is -0.354 e. The van der Waals surface area contributed by atoms with Crippen molar-refractivity contribution in [2.45, 2.75) is 50.3 Å².